The first kappa shape index (κ1) is 12.9. The van der Waals surface area contributed by atoms with Gasteiger partial charge in [-0.25, -0.2) is 0 Å². The summed E-state index contributed by atoms with van der Waals surface area (Å²) in [5, 5.41) is 3.63. The van der Waals surface area contributed by atoms with Crippen molar-refractivity contribution in [1.29, 1.82) is 0 Å². The fourth-order valence-corrected chi connectivity index (χ4v) is 2.20. The monoisotopic (exact) mass is 213 g/mol. The zero-order valence-electron chi connectivity index (χ0n) is 10.3. The Bertz CT molecular complexity index is 151. The molecular formula is C12H27N3. The molecule has 0 atom stereocenters. The Balaban J connectivity index is 2.04. The highest BCUT2D eigenvalue weighted by atomic mass is 15.2. The number of rotatable bonds is 6. The summed E-state index contributed by atoms with van der Waals surface area (Å²) in [6, 6.07) is 1.46. The van der Waals surface area contributed by atoms with Gasteiger partial charge in [0.15, 0.2) is 0 Å². The van der Waals surface area contributed by atoms with Crippen molar-refractivity contribution in [2.45, 2.75) is 51.6 Å². The van der Waals surface area contributed by atoms with E-state index in [1.807, 2.05) is 0 Å². The number of piperidine rings is 1. The van der Waals surface area contributed by atoms with E-state index in [1.54, 1.807) is 0 Å². The van der Waals surface area contributed by atoms with Crippen molar-refractivity contribution >= 4 is 0 Å². The quantitative estimate of drug-likeness (QED) is 0.651. The number of likely N-dealkylation sites (tertiary alicyclic amines) is 1. The number of unbranched alkanes of at least 4 members (excludes halogenated alkanes) is 1. The van der Waals surface area contributed by atoms with Crippen molar-refractivity contribution in [2.75, 3.05) is 26.2 Å². The molecule has 0 spiro atoms. The third-order valence-corrected chi connectivity index (χ3v) is 3.32. The van der Waals surface area contributed by atoms with E-state index in [0.29, 0.717) is 6.04 Å². The fourth-order valence-electron chi connectivity index (χ4n) is 2.20. The van der Waals surface area contributed by atoms with Gasteiger partial charge in [-0.2, -0.15) is 0 Å². The van der Waals surface area contributed by atoms with E-state index in [-0.39, 0.29) is 0 Å². The molecule has 3 heteroatoms. The number of hydrogen-bond donors (Lipinski definition) is 2. The molecule has 0 amide bonds. The van der Waals surface area contributed by atoms with Crippen LogP contribution >= 0.6 is 0 Å². The normalized spacial score (nSPS) is 20.0. The van der Waals surface area contributed by atoms with Gasteiger partial charge in [0.2, 0.25) is 0 Å². The minimum absolute atomic E-state index is 0.711. The highest BCUT2D eigenvalue weighted by Gasteiger charge is 2.19. The molecular weight excluding hydrogens is 186 g/mol. The van der Waals surface area contributed by atoms with Crippen LogP contribution in [0.4, 0.5) is 0 Å². The highest BCUT2D eigenvalue weighted by molar-refractivity contribution is 4.78. The Morgan fingerprint density at radius 3 is 2.47 bits per heavy atom. The Hall–Kier alpha value is -0.120. The van der Waals surface area contributed by atoms with Crippen LogP contribution in [0.25, 0.3) is 0 Å². The SMILES string of the molecule is CC(C)N1CCC(NCCCCN)CC1. The number of hydrogen-bond acceptors (Lipinski definition) is 3. The lowest BCUT2D eigenvalue weighted by Crippen LogP contribution is -2.45. The molecule has 3 nitrogen and oxygen atoms in total. The molecule has 0 unspecified atom stereocenters. The molecule has 0 saturated carbocycles. The van der Waals surface area contributed by atoms with Crippen LogP contribution in [0.15, 0.2) is 0 Å². The van der Waals surface area contributed by atoms with E-state index in [2.05, 4.69) is 24.1 Å². The Morgan fingerprint density at radius 1 is 1.27 bits per heavy atom. The summed E-state index contributed by atoms with van der Waals surface area (Å²) in [7, 11) is 0. The van der Waals surface area contributed by atoms with E-state index >= 15 is 0 Å². The Kier molecular flexibility index (Phi) is 6.22. The maximum atomic E-state index is 5.46. The molecule has 1 fully saturated rings. The van der Waals surface area contributed by atoms with Crippen LogP contribution in [0.5, 0.6) is 0 Å². The molecule has 1 aliphatic heterocycles. The predicted octanol–water partition coefficient (Wildman–Crippen LogP) is 1.19. The smallest absolute Gasteiger partial charge is 0.00914 e. The van der Waals surface area contributed by atoms with Gasteiger partial charge in [-0.15, -0.1) is 0 Å². The van der Waals surface area contributed by atoms with Crippen LogP contribution in [0.1, 0.15) is 39.5 Å². The molecule has 0 bridgehead atoms. The summed E-state index contributed by atoms with van der Waals surface area (Å²) in [5.41, 5.74) is 5.46. The first-order chi connectivity index (χ1) is 7.24. The van der Waals surface area contributed by atoms with Crippen molar-refractivity contribution in [2.24, 2.45) is 5.73 Å². The first-order valence-corrected chi connectivity index (χ1v) is 6.41. The maximum absolute atomic E-state index is 5.46. The van der Waals surface area contributed by atoms with Crippen molar-refractivity contribution in [1.82, 2.24) is 10.2 Å². The van der Waals surface area contributed by atoms with Crippen molar-refractivity contribution in [3.8, 4) is 0 Å². The molecule has 15 heavy (non-hydrogen) atoms. The Labute approximate surface area is 94.4 Å². The lowest BCUT2D eigenvalue weighted by Gasteiger charge is -2.35. The molecule has 1 heterocycles. The van der Waals surface area contributed by atoms with Crippen molar-refractivity contribution in [3.63, 3.8) is 0 Å². The van der Waals surface area contributed by atoms with Crippen LogP contribution in [-0.4, -0.2) is 43.2 Å². The van der Waals surface area contributed by atoms with Gasteiger partial charge >= 0.3 is 0 Å². The third kappa shape index (κ3) is 4.96. The molecule has 0 radical (unpaired) electrons. The molecule has 90 valence electrons. The Morgan fingerprint density at radius 2 is 1.93 bits per heavy atom. The second-order valence-electron chi connectivity index (χ2n) is 4.85. The second kappa shape index (κ2) is 7.20. The van der Waals surface area contributed by atoms with Gasteiger partial charge < -0.3 is 16.0 Å². The largest absolute Gasteiger partial charge is 0.330 e. The van der Waals surface area contributed by atoms with Crippen molar-refractivity contribution < 1.29 is 0 Å². The lowest BCUT2D eigenvalue weighted by molar-refractivity contribution is 0.161. The van der Waals surface area contributed by atoms with E-state index in [4.69, 9.17) is 5.73 Å². The van der Waals surface area contributed by atoms with Crippen LogP contribution in [0.3, 0.4) is 0 Å². The summed E-state index contributed by atoms with van der Waals surface area (Å²) in [6.45, 7) is 9.06. The van der Waals surface area contributed by atoms with Crippen LogP contribution in [-0.2, 0) is 0 Å². The zero-order chi connectivity index (χ0) is 11.1. The summed E-state index contributed by atoms with van der Waals surface area (Å²) in [5.74, 6) is 0. The fraction of sp³-hybridized carbons (Fsp3) is 1.00. The maximum Gasteiger partial charge on any atom is 0.00914 e. The van der Waals surface area contributed by atoms with Gasteiger partial charge in [0.1, 0.15) is 0 Å². The van der Waals surface area contributed by atoms with Gasteiger partial charge in [-0.3, -0.25) is 0 Å². The zero-order valence-corrected chi connectivity index (χ0v) is 10.3. The number of nitrogens with zero attached hydrogens (tertiary/aromatic N) is 1. The molecule has 0 aromatic carbocycles. The lowest BCUT2D eigenvalue weighted by atomic mass is 10.0. The van der Waals surface area contributed by atoms with Gasteiger partial charge in [-0.05, 0) is 65.7 Å². The van der Waals surface area contributed by atoms with Gasteiger partial charge in [0.05, 0.1) is 0 Å². The molecule has 1 aliphatic rings. The van der Waals surface area contributed by atoms with Crippen molar-refractivity contribution in [3.05, 3.63) is 0 Å². The summed E-state index contributed by atoms with van der Waals surface area (Å²) in [6.07, 6.45) is 4.99. The summed E-state index contributed by atoms with van der Waals surface area (Å²) < 4.78 is 0. The molecule has 1 rings (SSSR count). The first-order valence-electron chi connectivity index (χ1n) is 6.41. The molecule has 1 saturated heterocycles. The van der Waals surface area contributed by atoms with E-state index in [1.165, 1.54) is 32.4 Å². The average molecular weight is 213 g/mol. The number of nitrogens with one attached hydrogen (secondary N) is 1. The minimum Gasteiger partial charge on any atom is -0.330 e. The minimum atomic E-state index is 0.711. The van der Waals surface area contributed by atoms with Crippen LogP contribution in [0.2, 0.25) is 0 Å². The molecule has 0 aromatic heterocycles. The third-order valence-electron chi connectivity index (χ3n) is 3.32. The average Bonchev–Trinajstić information content (AvgIpc) is 2.25. The molecule has 0 aromatic rings. The highest BCUT2D eigenvalue weighted by Crippen LogP contribution is 2.12. The molecule has 0 aliphatic carbocycles. The van der Waals surface area contributed by atoms with E-state index in [9.17, 15) is 0 Å². The van der Waals surface area contributed by atoms with Gasteiger partial charge in [0.25, 0.3) is 0 Å². The molecule has 3 N–H and O–H groups in total. The predicted molar refractivity (Wildman–Crippen MR) is 66.0 cm³/mol. The standard InChI is InChI=1S/C12H27N3/c1-11(2)15-9-5-12(6-10-15)14-8-4-3-7-13/h11-12,14H,3-10,13H2,1-2H3. The van der Waals surface area contributed by atoms with Crippen LogP contribution in [0, 0.1) is 0 Å². The van der Waals surface area contributed by atoms with Gasteiger partial charge in [-0.1, -0.05) is 0 Å². The summed E-state index contributed by atoms with van der Waals surface area (Å²) >= 11 is 0. The number of nitrogens with two attached hydrogens (primary N) is 1. The van der Waals surface area contributed by atoms with E-state index in [0.717, 1.165) is 25.6 Å². The van der Waals surface area contributed by atoms with Gasteiger partial charge in [0, 0.05) is 12.1 Å². The topological polar surface area (TPSA) is 41.3 Å². The van der Waals surface area contributed by atoms with E-state index < -0.39 is 0 Å². The second-order valence-corrected chi connectivity index (χ2v) is 4.85. The van der Waals surface area contributed by atoms with Crippen LogP contribution < -0.4 is 11.1 Å². The summed E-state index contributed by atoms with van der Waals surface area (Å²) in [4.78, 5) is 2.57.